The summed E-state index contributed by atoms with van der Waals surface area (Å²) in [7, 11) is 0. The van der Waals surface area contributed by atoms with Crippen LogP contribution in [0.15, 0.2) is 18.2 Å². The Bertz CT molecular complexity index is 431. The first kappa shape index (κ1) is 14.2. The summed E-state index contributed by atoms with van der Waals surface area (Å²) in [4.78, 5) is 0. The normalized spacial score (nSPS) is 17.9. The van der Waals surface area contributed by atoms with Crippen molar-refractivity contribution in [3.8, 4) is 11.5 Å². The molecule has 1 unspecified atom stereocenters. The summed E-state index contributed by atoms with van der Waals surface area (Å²) in [6.07, 6.45) is 2.07. The van der Waals surface area contributed by atoms with Crippen LogP contribution in [0.25, 0.3) is 0 Å². The smallest absolute Gasteiger partial charge is 0.161 e. The van der Waals surface area contributed by atoms with Gasteiger partial charge in [-0.15, -0.1) is 0 Å². The number of benzene rings is 1. The van der Waals surface area contributed by atoms with E-state index in [1.807, 2.05) is 32.0 Å². The van der Waals surface area contributed by atoms with Gasteiger partial charge in [-0.25, -0.2) is 0 Å². The molecule has 0 aliphatic heterocycles. The van der Waals surface area contributed by atoms with Crippen LogP contribution in [0.4, 0.5) is 0 Å². The molecule has 4 nitrogen and oxygen atoms in total. The van der Waals surface area contributed by atoms with Crippen LogP contribution < -0.4 is 15.2 Å². The van der Waals surface area contributed by atoms with Gasteiger partial charge in [0, 0.05) is 6.54 Å². The highest BCUT2D eigenvalue weighted by Crippen LogP contribution is 2.46. The molecule has 19 heavy (non-hydrogen) atoms. The van der Waals surface area contributed by atoms with E-state index in [0.29, 0.717) is 24.7 Å². The molecule has 1 fully saturated rings. The third-order valence-corrected chi connectivity index (χ3v) is 3.61. The SMILES string of the molecule is CCOc1ccc(C(O)(CN)C2CC2)cc1OCC. The molecule has 0 bridgehead atoms. The Labute approximate surface area is 114 Å². The molecule has 1 aromatic carbocycles. The Morgan fingerprint density at radius 3 is 2.37 bits per heavy atom. The van der Waals surface area contributed by atoms with Crippen LogP contribution >= 0.6 is 0 Å². The molecule has 0 radical (unpaired) electrons. The molecule has 1 aromatic rings. The van der Waals surface area contributed by atoms with Crippen molar-refractivity contribution in [3.63, 3.8) is 0 Å². The van der Waals surface area contributed by atoms with Crippen LogP contribution in [0, 0.1) is 5.92 Å². The number of aliphatic hydroxyl groups is 1. The molecule has 0 heterocycles. The third kappa shape index (κ3) is 2.85. The van der Waals surface area contributed by atoms with Crippen molar-refractivity contribution >= 4 is 0 Å². The molecule has 1 aliphatic carbocycles. The van der Waals surface area contributed by atoms with Crippen molar-refractivity contribution in [3.05, 3.63) is 23.8 Å². The summed E-state index contributed by atoms with van der Waals surface area (Å²) in [5.41, 5.74) is 5.67. The van der Waals surface area contributed by atoms with E-state index in [2.05, 4.69) is 0 Å². The molecule has 1 atom stereocenters. The van der Waals surface area contributed by atoms with Gasteiger partial charge in [0.25, 0.3) is 0 Å². The summed E-state index contributed by atoms with van der Waals surface area (Å²) in [5.74, 6) is 1.66. The second-order valence-corrected chi connectivity index (χ2v) is 4.93. The van der Waals surface area contributed by atoms with Gasteiger partial charge >= 0.3 is 0 Å². The Morgan fingerprint density at radius 1 is 1.21 bits per heavy atom. The van der Waals surface area contributed by atoms with Gasteiger partial charge in [0.05, 0.1) is 13.2 Å². The molecule has 4 heteroatoms. The molecule has 0 spiro atoms. The van der Waals surface area contributed by atoms with Crippen LogP contribution in [0.2, 0.25) is 0 Å². The molecule has 2 rings (SSSR count). The van der Waals surface area contributed by atoms with Crippen LogP contribution in [-0.2, 0) is 5.60 Å². The van der Waals surface area contributed by atoms with Gasteiger partial charge < -0.3 is 20.3 Å². The van der Waals surface area contributed by atoms with E-state index in [4.69, 9.17) is 15.2 Å². The minimum absolute atomic E-state index is 0.233. The largest absolute Gasteiger partial charge is 0.490 e. The molecule has 3 N–H and O–H groups in total. The standard InChI is InChI=1S/C15H23NO3/c1-3-18-13-8-7-12(9-14(13)19-4-2)15(17,10-16)11-5-6-11/h7-9,11,17H,3-6,10,16H2,1-2H3. The molecular formula is C15H23NO3. The summed E-state index contributed by atoms with van der Waals surface area (Å²) in [6.45, 7) is 5.25. The first-order valence-electron chi connectivity index (χ1n) is 6.98. The predicted octanol–water partition coefficient (Wildman–Crippen LogP) is 2.04. The van der Waals surface area contributed by atoms with E-state index in [9.17, 15) is 5.11 Å². The third-order valence-electron chi connectivity index (χ3n) is 3.61. The lowest BCUT2D eigenvalue weighted by Crippen LogP contribution is -2.37. The average molecular weight is 265 g/mol. The lowest BCUT2D eigenvalue weighted by Gasteiger charge is -2.28. The van der Waals surface area contributed by atoms with Gasteiger partial charge in [0.15, 0.2) is 11.5 Å². The van der Waals surface area contributed by atoms with Crippen molar-refractivity contribution in [2.75, 3.05) is 19.8 Å². The maximum atomic E-state index is 10.7. The van der Waals surface area contributed by atoms with Crippen molar-refractivity contribution in [1.29, 1.82) is 0 Å². The average Bonchev–Trinajstić information content (AvgIpc) is 3.25. The van der Waals surface area contributed by atoms with Gasteiger partial charge in [0.2, 0.25) is 0 Å². The quantitative estimate of drug-likeness (QED) is 0.792. The predicted molar refractivity (Wildman–Crippen MR) is 74.5 cm³/mol. The lowest BCUT2D eigenvalue weighted by atomic mass is 9.88. The van der Waals surface area contributed by atoms with E-state index in [0.717, 1.165) is 18.4 Å². The Morgan fingerprint density at radius 2 is 1.84 bits per heavy atom. The second-order valence-electron chi connectivity index (χ2n) is 4.93. The Kier molecular flexibility index (Phi) is 4.32. The lowest BCUT2D eigenvalue weighted by molar-refractivity contribution is 0.0219. The first-order chi connectivity index (χ1) is 9.15. The van der Waals surface area contributed by atoms with Crippen molar-refractivity contribution in [2.24, 2.45) is 11.7 Å². The van der Waals surface area contributed by atoms with Crippen molar-refractivity contribution in [1.82, 2.24) is 0 Å². The van der Waals surface area contributed by atoms with E-state index in [1.165, 1.54) is 0 Å². The van der Waals surface area contributed by atoms with Crippen LogP contribution in [0.1, 0.15) is 32.3 Å². The van der Waals surface area contributed by atoms with E-state index < -0.39 is 5.60 Å². The second kappa shape index (κ2) is 5.80. The Hall–Kier alpha value is -1.26. The number of hydrogen-bond donors (Lipinski definition) is 2. The molecule has 1 aliphatic rings. The molecule has 0 saturated heterocycles. The van der Waals surface area contributed by atoms with Gasteiger partial charge in [-0.3, -0.25) is 0 Å². The van der Waals surface area contributed by atoms with Gasteiger partial charge in [0.1, 0.15) is 5.60 Å². The molecule has 1 saturated carbocycles. The molecule has 0 amide bonds. The van der Waals surface area contributed by atoms with Crippen LogP contribution in [0.5, 0.6) is 11.5 Å². The maximum Gasteiger partial charge on any atom is 0.161 e. The number of ether oxygens (including phenoxy) is 2. The minimum atomic E-state index is -0.934. The number of hydrogen-bond acceptors (Lipinski definition) is 4. The molecule has 106 valence electrons. The highest BCUT2D eigenvalue weighted by atomic mass is 16.5. The molecule has 0 aromatic heterocycles. The van der Waals surface area contributed by atoms with E-state index in [1.54, 1.807) is 0 Å². The Balaban J connectivity index is 2.33. The topological polar surface area (TPSA) is 64.7 Å². The maximum absolute atomic E-state index is 10.7. The monoisotopic (exact) mass is 265 g/mol. The van der Waals surface area contributed by atoms with Crippen molar-refractivity contribution in [2.45, 2.75) is 32.3 Å². The zero-order valence-corrected chi connectivity index (χ0v) is 11.7. The minimum Gasteiger partial charge on any atom is -0.490 e. The van der Waals surface area contributed by atoms with Crippen molar-refractivity contribution < 1.29 is 14.6 Å². The van der Waals surface area contributed by atoms with Gasteiger partial charge in [-0.1, -0.05) is 6.07 Å². The summed E-state index contributed by atoms with van der Waals surface area (Å²) >= 11 is 0. The van der Waals surface area contributed by atoms with E-state index >= 15 is 0 Å². The number of rotatable bonds is 7. The van der Waals surface area contributed by atoms with E-state index in [-0.39, 0.29) is 12.5 Å². The van der Waals surface area contributed by atoms with Crippen LogP contribution in [0.3, 0.4) is 0 Å². The zero-order chi connectivity index (χ0) is 13.9. The highest BCUT2D eigenvalue weighted by Gasteiger charge is 2.44. The summed E-state index contributed by atoms with van der Waals surface area (Å²) < 4.78 is 11.1. The molecular weight excluding hydrogens is 242 g/mol. The fraction of sp³-hybridized carbons (Fsp3) is 0.600. The first-order valence-corrected chi connectivity index (χ1v) is 6.98. The fourth-order valence-electron chi connectivity index (χ4n) is 2.40. The van der Waals surface area contributed by atoms with Crippen LogP contribution in [-0.4, -0.2) is 24.9 Å². The summed E-state index contributed by atoms with van der Waals surface area (Å²) in [6, 6.07) is 5.60. The number of nitrogens with two attached hydrogens (primary N) is 1. The summed E-state index contributed by atoms with van der Waals surface area (Å²) in [5, 5.41) is 10.7. The zero-order valence-electron chi connectivity index (χ0n) is 11.7. The highest BCUT2D eigenvalue weighted by molar-refractivity contribution is 5.45. The van der Waals surface area contributed by atoms with Gasteiger partial charge in [-0.2, -0.15) is 0 Å². The van der Waals surface area contributed by atoms with Gasteiger partial charge in [-0.05, 0) is 50.3 Å². The fourth-order valence-corrected chi connectivity index (χ4v) is 2.40.